The van der Waals surface area contributed by atoms with Crippen molar-refractivity contribution in [1.82, 2.24) is 9.80 Å². The van der Waals surface area contributed by atoms with Crippen LogP contribution in [0.4, 0.5) is 5.69 Å². The molecule has 1 aliphatic rings. The van der Waals surface area contributed by atoms with Crippen molar-refractivity contribution in [1.29, 1.82) is 0 Å². The first kappa shape index (κ1) is 22.9. The summed E-state index contributed by atoms with van der Waals surface area (Å²) >= 11 is 0. The number of rotatable bonds is 7. The van der Waals surface area contributed by atoms with E-state index < -0.39 is 5.41 Å². The number of carbonyl (C=O) groups is 1. The predicted octanol–water partition coefficient (Wildman–Crippen LogP) is 3.98. The number of likely N-dealkylation sites (N-methyl/N-ethyl adjacent to an activating group) is 1. The third-order valence-electron chi connectivity index (χ3n) is 6.70. The van der Waals surface area contributed by atoms with Gasteiger partial charge in [-0.05, 0) is 36.2 Å². The molecule has 0 saturated carbocycles. The maximum atomic E-state index is 13.8. The summed E-state index contributed by atoms with van der Waals surface area (Å²) in [7, 11) is 3.68. The number of anilines is 1. The molecule has 0 spiro atoms. The lowest BCUT2D eigenvalue weighted by molar-refractivity contribution is -0.133. The van der Waals surface area contributed by atoms with E-state index in [4.69, 9.17) is 0 Å². The monoisotopic (exact) mass is 443 g/mol. The molecule has 5 heteroatoms. The molecule has 33 heavy (non-hydrogen) atoms. The zero-order valence-corrected chi connectivity index (χ0v) is 19.5. The molecule has 0 aliphatic carbocycles. The standard InChI is InChI=1S/C28H33N3O2/c1-29(2)27(33)28(23-11-5-3-6-12-23,24-13-7-4-8-14-24)17-18-30-19-21-31(22-20-30)25-15-9-10-16-26(25)32/h3-16,32H,17-22H2,1-2H3. The molecule has 5 nitrogen and oxygen atoms in total. The number of aromatic hydroxyl groups is 1. The fourth-order valence-electron chi connectivity index (χ4n) is 4.91. The molecular weight excluding hydrogens is 410 g/mol. The van der Waals surface area contributed by atoms with Gasteiger partial charge in [0.1, 0.15) is 11.2 Å². The molecular formula is C28H33N3O2. The highest BCUT2D eigenvalue weighted by atomic mass is 16.3. The van der Waals surface area contributed by atoms with Gasteiger partial charge in [0.25, 0.3) is 0 Å². The first-order valence-corrected chi connectivity index (χ1v) is 11.6. The van der Waals surface area contributed by atoms with Crippen LogP contribution in [0.2, 0.25) is 0 Å². The number of para-hydroxylation sites is 2. The number of hydrogen-bond donors (Lipinski definition) is 1. The van der Waals surface area contributed by atoms with E-state index >= 15 is 0 Å². The molecule has 0 aromatic heterocycles. The highest BCUT2D eigenvalue weighted by Crippen LogP contribution is 2.38. The van der Waals surface area contributed by atoms with Crippen molar-refractivity contribution in [3.05, 3.63) is 96.1 Å². The Kier molecular flexibility index (Phi) is 6.99. The van der Waals surface area contributed by atoms with Gasteiger partial charge in [-0.1, -0.05) is 72.8 Å². The third kappa shape index (κ3) is 4.74. The highest BCUT2D eigenvalue weighted by Gasteiger charge is 2.43. The molecule has 172 valence electrons. The molecule has 3 aromatic carbocycles. The molecule has 0 atom stereocenters. The van der Waals surface area contributed by atoms with E-state index in [1.807, 2.05) is 68.7 Å². The van der Waals surface area contributed by atoms with Crippen LogP contribution in [0.15, 0.2) is 84.9 Å². The number of piperazine rings is 1. The Bertz CT molecular complexity index is 1010. The number of carbonyl (C=O) groups excluding carboxylic acids is 1. The van der Waals surface area contributed by atoms with Crippen LogP contribution in [0, 0.1) is 0 Å². The Morgan fingerprint density at radius 3 is 1.85 bits per heavy atom. The van der Waals surface area contributed by atoms with Crippen LogP contribution in [-0.2, 0) is 10.2 Å². The van der Waals surface area contributed by atoms with Crippen molar-refractivity contribution in [2.45, 2.75) is 11.8 Å². The van der Waals surface area contributed by atoms with Crippen molar-refractivity contribution >= 4 is 11.6 Å². The molecule has 0 radical (unpaired) electrons. The number of hydrogen-bond acceptors (Lipinski definition) is 4. The Morgan fingerprint density at radius 2 is 1.33 bits per heavy atom. The normalized spacial score (nSPS) is 14.8. The number of nitrogens with zero attached hydrogens (tertiary/aromatic N) is 3. The summed E-state index contributed by atoms with van der Waals surface area (Å²) in [4.78, 5) is 20.2. The first-order chi connectivity index (χ1) is 16.0. The van der Waals surface area contributed by atoms with E-state index in [9.17, 15) is 9.90 Å². The van der Waals surface area contributed by atoms with Gasteiger partial charge >= 0.3 is 0 Å². The van der Waals surface area contributed by atoms with Crippen molar-refractivity contribution < 1.29 is 9.90 Å². The zero-order chi connectivity index (χ0) is 23.3. The molecule has 1 amide bonds. The lowest BCUT2D eigenvalue weighted by atomic mass is 9.70. The largest absolute Gasteiger partial charge is 0.506 e. The van der Waals surface area contributed by atoms with E-state index in [1.165, 1.54) is 0 Å². The zero-order valence-electron chi connectivity index (χ0n) is 19.5. The Balaban J connectivity index is 1.57. The van der Waals surface area contributed by atoms with Crippen LogP contribution < -0.4 is 4.90 Å². The van der Waals surface area contributed by atoms with Crippen molar-refractivity contribution in [2.24, 2.45) is 0 Å². The summed E-state index contributed by atoms with van der Waals surface area (Å²) in [6.45, 7) is 4.30. The van der Waals surface area contributed by atoms with Crippen LogP contribution in [0.5, 0.6) is 5.75 Å². The van der Waals surface area contributed by atoms with E-state index in [2.05, 4.69) is 34.1 Å². The highest BCUT2D eigenvalue weighted by molar-refractivity contribution is 5.92. The van der Waals surface area contributed by atoms with Gasteiger partial charge in [-0.3, -0.25) is 9.69 Å². The number of phenols is 1. The predicted molar refractivity (Wildman–Crippen MR) is 134 cm³/mol. The minimum atomic E-state index is -0.735. The van der Waals surface area contributed by atoms with Crippen molar-refractivity contribution in [2.75, 3.05) is 51.7 Å². The summed E-state index contributed by atoms with van der Waals surface area (Å²) in [5, 5.41) is 10.2. The molecule has 0 bridgehead atoms. The summed E-state index contributed by atoms with van der Waals surface area (Å²) in [5.41, 5.74) is 2.22. The summed E-state index contributed by atoms with van der Waals surface area (Å²) < 4.78 is 0. The van der Waals surface area contributed by atoms with E-state index in [-0.39, 0.29) is 5.91 Å². The smallest absolute Gasteiger partial charge is 0.237 e. The van der Waals surface area contributed by atoms with Gasteiger partial charge in [0.2, 0.25) is 5.91 Å². The van der Waals surface area contributed by atoms with Crippen LogP contribution in [-0.4, -0.2) is 67.6 Å². The molecule has 1 heterocycles. The minimum Gasteiger partial charge on any atom is -0.506 e. The quantitative estimate of drug-likeness (QED) is 0.600. The third-order valence-corrected chi connectivity index (χ3v) is 6.70. The second-order valence-corrected chi connectivity index (χ2v) is 8.90. The fraction of sp³-hybridized carbons (Fsp3) is 0.321. The van der Waals surface area contributed by atoms with E-state index in [0.717, 1.165) is 49.5 Å². The minimum absolute atomic E-state index is 0.104. The number of benzene rings is 3. The van der Waals surface area contributed by atoms with Crippen molar-refractivity contribution in [3.8, 4) is 5.75 Å². The van der Waals surface area contributed by atoms with Crippen LogP contribution >= 0.6 is 0 Å². The van der Waals surface area contributed by atoms with Crippen LogP contribution in [0.25, 0.3) is 0 Å². The number of amides is 1. The van der Waals surface area contributed by atoms with Gasteiger partial charge in [-0.25, -0.2) is 0 Å². The molecule has 1 aliphatic heterocycles. The first-order valence-electron chi connectivity index (χ1n) is 11.6. The SMILES string of the molecule is CN(C)C(=O)C(CCN1CCN(c2ccccc2O)CC1)(c1ccccc1)c1ccccc1. The Hall–Kier alpha value is -3.31. The Labute approximate surface area is 196 Å². The second kappa shape index (κ2) is 10.1. The van der Waals surface area contributed by atoms with Crippen LogP contribution in [0.3, 0.4) is 0 Å². The molecule has 1 fully saturated rings. The van der Waals surface area contributed by atoms with Gasteiger partial charge in [-0.2, -0.15) is 0 Å². The maximum absolute atomic E-state index is 13.8. The van der Waals surface area contributed by atoms with Crippen molar-refractivity contribution in [3.63, 3.8) is 0 Å². The average molecular weight is 444 g/mol. The molecule has 1 saturated heterocycles. The second-order valence-electron chi connectivity index (χ2n) is 8.90. The van der Waals surface area contributed by atoms with Gasteiger partial charge in [-0.15, -0.1) is 0 Å². The maximum Gasteiger partial charge on any atom is 0.237 e. The number of phenolic OH excluding ortho intramolecular Hbond substituents is 1. The summed E-state index contributed by atoms with van der Waals surface area (Å²) in [6, 6.07) is 27.9. The summed E-state index contributed by atoms with van der Waals surface area (Å²) in [6.07, 6.45) is 0.703. The summed E-state index contributed by atoms with van der Waals surface area (Å²) in [5.74, 6) is 0.433. The fourth-order valence-corrected chi connectivity index (χ4v) is 4.91. The molecule has 1 N–H and O–H groups in total. The van der Waals surface area contributed by atoms with Crippen LogP contribution in [0.1, 0.15) is 17.5 Å². The van der Waals surface area contributed by atoms with Gasteiger partial charge in [0.05, 0.1) is 5.69 Å². The molecule has 0 unspecified atom stereocenters. The Morgan fingerprint density at radius 1 is 0.818 bits per heavy atom. The van der Waals surface area contributed by atoms with E-state index in [0.29, 0.717) is 12.2 Å². The molecule has 3 aromatic rings. The van der Waals surface area contributed by atoms with Gasteiger partial charge < -0.3 is 14.9 Å². The topological polar surface area (TPSA) is 47.0 Å². The lowest BCUT2D eigenvalue weighted by Gasteiger charge is -2.40. The van der Waals surface area contributed by atoms with Gasteiger partial charge in [0, 0.05) is 40.3 Å². The van der Waals surface area contributed by atoms with E-state index in [1.54, 1.807) is 11.0 Å². The average Bonchev–Trinajstić information content (AvgIpc) is 2.86. The lowest BCUT2D eigenvalue weighted by Crippen LogP contribution is -2.50. The van der Waals surface area contributed by atoms with Gasteiger partial charge in [0.15, 0.2) is 0 Å². The molecule has 4 rings (SSSR count).